The lowest BCUT2D eigenvalue weighted by molar-refractivity contribution is 0.384. The molecule has 0 saturated heterocycles. The summed E-state index contributed by atoms with van der Waals surface area (Å²) in [5, 5.41) is 1.00. The van der Waals surface area contributed by atoms with Gasteiger partial charge in [0.25, 0.3) is 0 Å². The summed E-state index contributed by atoms with van der Waals surface area (Å²) in [4.78, 5) is 7.70. The second-order valence-electron chi connectivity index (χ2n) is 6.41. The average Bonchev–Trinajstić information content (AvgIpc) is 3.06. The summed E-state index contributed by atoms with van der Waals surface area (Å²) in [6.07, 6.45) is 4.23. The third-order valence-electron chi connectivity index (χ3n) is 4.65. The van der Waals surface area contributed by atoms with Crippen molar-refractivity contribution >= 4 is 11.0 Å². The quantitative estimate of drug-likeness (QED) is 0.546. The molecule has 0 aliphatic heterocycles. The molecule has 0 unspecified atom stereocenters. The van der Waals surface area contributed by atoms with Gasteiger partial charge in [-0.25, -0.2) is 9.37 Å². The van der Waals surface area contributed by atoms with Crippen LogP contribution in [0, 0.1) is 12.7 Å². The van der Waals surface area contributed by atoms with Crippen molar-refractivity contribution < 1.29 is 9.13 Å². The summed E-state index contributed by atoms with van der Waals surface area (Å²) in [5.74, 6) is -0.0483. The van der Waals surface area contributed by atoms with Crippen LogP contribution in [0.25, 0.3) is 22.2 Å². The van der Waals surface area contributed by atoms with Gasteiger partial charge in [-0.05, 0) is 35.7 Å². The highest BCUT2D eigenvalue weighted by Gasteiger charge is 2.13. The molecule has 130 valence electrons. The number of aromatic amines is 1. The number of nitrogens with zero attached hydrogens (tertiary/aromatic N) is 1. The van der Waals surface area contributed by atoms with E-state index in [0.717, 1.165) is 27.7 Å². The Morgan fingerprint density at radius 2 is 1.85 bits per heavy atom. The standard InChI is InChI=1S/C22H19FN2O/c1-14-6-8-15(9-7-14)17-11-19-18(13-25-22(19)24-12-17)10-16-4-3-5-20(26-2)21(16)23/h3-9,11-13H,10H2,1-2H3,(H,24,25). The Bertz CT molecular complexity index is 1070. The van der Waals surface area contributed by atoms with Crippen LogP contribution >= 0.6 is 0 Å². The van der Waals surface area contributed by atoms with E-state index < -0.39 is 0 Å². The Morgan fingerprint density at radius 1 is 1.04 bits per heavy atom. The van der Waals surface area contributed by atoms with E-state index in [1.54, 1.807) is 12.1 Å². The van der Waals surface area contributed by atoms with Crippen LogP contribution in [0.4, 0.5) is 4.39 Å². The number of nitrogens with one attached hydrogen (secondary N) is 1. The third-order valence-corrected chi connectivity index (χ3v) is 4.65. The van der Waals surface area contributed by atoms with Gasteiger partial charge < -0.3 is 9.72 Å². The van der Waals surface area contributed by atoms with Crippen molar-refractivity contribution in [1.29, 1.82) is 0 Å². The molecule has 1 N–H and O–H groups in total. The molecule has 0 saturated carbocycles. The van der Waals surface area contributed by atoms with Crippen LogP contribution in [0.3, 0.4) is 0 Å². The average molecular weight is 346 g/mol. The van der Waals surface area contributed by atoms with E-state index in [2.05, 4.69) is 47.2 Å². The van der Waals surface area contributed by atoms with Crippen molar-refractivity contribution in [1.82, 2.24) is 9.97 Å². The van der Waals surface area contributed by atoms with Gasteiger partial charge in [0.1, 0.15) is 5.65 Å². The minimum absolute atomic E-state index is 0.265. The number of aromatic nitrogens is 2. The number of rotatable bonds is 4. The monoisotopic (exact) mass is 346 g/mol. The van der Waals surface area contributed by atoms with E-state index in [1.165, 1.54) is 12.7 Å². The topological polar surface area (TPSA) is 37.9 Å². The minimum atomic E-state index is -0.313. The highest BCUT2D eigenvalue weighted by atomic mass is 19.1. The Kier molecular flexibility index (Phi) is 4.17. The second-order valence-corrected chi connectivity index (χ2v) is 6.41. The van der Waals surface area contributed by atoms with Crippen LogP contribution < -0.4 is 4.74 Å². The molecule has 0 aliphatic carbocycles. The molecular weight excluding hydrogens is 327 g/mol. The van der Waals surface area contributed by atoms with Gasteiger partial charge in [-0.2, -0.15) is 0 Å². The maximum atomic E-state index is 14.5. The normalized spacial score (nSPS) is 11.0. The lowest BCUT2D eigenvalue weighted by atomic mass is 10.0. The van der Waals surface area contributed by atoms with Crippen LogP contribution in [0.5, 0.6) is 5.75 Å². The molecule has 3 nitrogen and oxygen atoms in total. The Hall–Kier alpha value is -3.14. The van der Waals surface area contributed by atoms with Gasteiger partial charge in [-0.15, -0.1) is 0 Å². The number of ether oxygens (including phenoxy) is 1. The smallest absolute Gasteiger partial charge is 0.168 e. The largest absolute Gasteiger partial charge is 0.494 e. The van der Waals surface area contributed by atoms with Crippen molar-refractivity contribution in [3.8, 4) is 16.9 Å². The Labute approximate surface area is 151 Å². The van der Waals surface area contributed by atoms with E-state index in [9.17, 15) is 4.39 Å². The number of pyridine rings is 1. The highest BCUT2D eigenvalue weighted by molar-refractivity contribution is 5.85. The molecule has 0 aliphatic rings. The number of H-pyrrole nitrogens is 1. The molecule has 2 aromatic heterocycles. The number of aryl methyl sites for hydroxylation is 1. The van der Waals surface area contributed by atoms with E-state index in [0.29, 0.717) is 12.0 Å². The molecule has 0 atom stereocenters. The first-order valence-electron chi connectivity index (χ1n) is 8.50. The summed E-state index contributed by atoms with van der Waals surface area (Å²) in [7, 11) is 1.48. The van der Waals surface area contributed by atoms with Crippen LogP contribution in [0.2, 0.25) is 0 Å². The molecule has 0 spiro atoms. The molecule has 0 amide bonds. The molecule has 2 heterocycles. The van der Waals surface area contributed by atoms with Crippen molar-refractivity contribution in [2.24, 2.45) is 0 Å². The summed E-state index contributed by atoms with van der Waals surface area (Å²) in [6.45, 7) is 2.07. The van der Waals surface area contributed by atoms with Gasteiger partial charge in [0.15, 0.2) is 11.6 Å². The second kappa shape index (κ2) is 6.64. The van der Waals surface area contributed by atoms with E-state index in [1.807, 2.05) is 18.5 Å². The number of fused-ring (bicyclic) bond motifs is 1. The van der Waals surface area contributed by atoms with Crippen molar-refractivity contribution in [2.75, 3.05) is 7.11 Å². The fourth-order valence-electron chi connectivity index (χ4n) is 3.16. The van der Waals surface area contributed by atoms with Gasteiger partial charge in [0, 0.05) is 29.8 Å². The number of halogens is 1. The maximum Gasteiger partial charge on any atom is 0.168 e. The zero-order chi connectivity index (χ0) is 18.1. The Morgan fingerprint density at radius 3 is 2.62 bits per heavy atom. The summed E-state index contributed by atoms with van der Waals surface area (Å²) in [5.41, 5.74) is 5.80. The van der Waals surface area contributed by atoms with Gasteiger partial charge in [0.05, 0.1) is 7.11 Å². The van der Waals surface area contributed by atoms with Crippen LogP contribution in [0.15, 0.2) is 60.9 Å². The van der Waals surface area contributed by atoms with E-state index >= 15 is 0 Å². The van der Waals surface area contributed by atoms with Crippen molar-refractivity contribution in [3.63, 3.8) is 0 Å². The fourth-order valence-corrected chi connectivity index (χ4v) is 3.16. The van der Waals surface area contributed by atoms with E-state index in [-0.39, 0.29) is 11.6 Å². The molecule has 4 aromatic rings. The van der Waals surface area contributed by atoms with E-state index in [4.69, 9.17) is 4.74 Å². The predicted molar refractivity (Wildman–Crippen MR) is 102 cm³/mol. The molecule has 0 bridgehead atoms. The zero-order valence-electron chi connectivity index (χ0n) is 14.7. The molecule has 4 rings (SSSR count). The van der Waals surface area contributed by atoms with Crippen LogP contribution in [-0.2, 0) is 6.42 Å². The third kappa shape index (κ3) is 2.94. The predicted octanol–water partition coefficient (Wildman–Crippen LogP) is 5.28. The highest BCUT2D eigenvalue weighted by Crippen LogP contribution is 2.28. The van der Waals surface area contributed by atoms with Crippen molar-refractivity contribution in [3.05, 3.63) is 83.4 Å². The molecule has 26 heavy (non-hydrogen) atoms. The van der Waals surface area contributed by atoms with Crippen molar-refractivity contribution in [2.45, 2.75) is 13.3 Å². The molecule has 0 radical (unpaired) electrons. The Balaban J connectivity index is 1.74. The summed E-state index contributed by atoms with van der Waals surface area (Å²) >= 11 is 0. The number of methoxy groups -OCH3 is 1. The first kappa shape index (κ1) is 16.3. The van der Waals surface area contributed by atoms with Gasteiger partial charge in [0.2, 0.25) is 0 Å². The summed E-state index contributed by atoms with van der Waals surface area (Å²) < 4.78 is 19.6. The van der Waals surface area contributed by atoms with Gasteiger partial charge >= 0.3 is 0 Å². The summed E-state index contributed by atoms with van der Waals surface area (Å²) in [6, 6.07) is 15.7. The molecule has 2 aromatic carbocycles. The molecule has 4 heteroatoms. The van der Waals surface area contributed by atoms with Crippen LogP contribution in [-0.4, -0.2) is 17.1 Å². The van der Waals surface area contributed by atoms with Gasteiger partial charge in [-0.3, -0.25) is 0 Å². The number of hydrogen-bond acceptors (Lipinski definition) is 2. The number of hydrogen-bond donors (Lipinski definition) is 1. The minimum Gasteiger partial charge on any atom is -0.494 e. The SMILES string of the molecule is COc1cccc(Cc2c[nH]c3ncc(-c4ccc(C)cc4)cc23)c1F. The lowest BCUT2D eigenvalue weighted by Crippen LogP contribution is -1.96. The zero-order valence-corrected chi connectivity index (χ0v) is 14.7. The molecule has 0 fully saturated rings. The maximum absolute atomic E-state index is 14.5. The fraction of sp³-hybridized carbons (Fsp3) is 0.136. The van der Waals surface area contributed by atoms with Gasteiger partial charge in [-0.1, -0.05) is 42.0 Å². The first-order valence-corrected chi connectivity index (χ1v) is 8.50. The number of benzene rings is 2. The van der Waals surface area contributed by atoms with Crippen LogP contribution in [0.1, 0.15) is 16.7 Å². The lowest BCUT2D eigenvalue weighted by Gasteiger charge is -2.07. The first-order chi connectivity index (χ1) is 12.7. The molecular formula is C22H19FN2O.